The van der Waals surface area contributed by atoms with Crippen LogP contribution in [-0.4, -0.2) is 36.2 Å². The van der Waals surface area contributed by atoms with E-state index in [1.165, 1.54) is 18.2 Å². The number of hydrogen-bond acceptors (Lipinski definition) is 6. The molecule has 2 aromatic carbocycles. The second-order valence-electron chi connectivity index (χ2n) is 11.2. The van der Waals surface area contributed by atoms with E-state index in [4.69, 9.17) is 14.2 Å². The maximum Gasteiger partial charge on any atom is 0.331 e. The van der Waals surface area contributed by atoms with Gasteiger partial charge in [0.15, 0.2) is 0 Å². The zero-order valence-electron chi connectivity index (χ0n) is 24.6. The Labute approximate surface area is 248 Å². The summed E-state index contributed by atoms with van der Waals surface area (Å²) in [7, 11) is 0. The number of aryl methyl sites for hydroxylation is 2. The molecule has 0 bridgehead atoms. The lowest BCUT2D eigenvalue weighted by Gasteiger charge is -2.24. The molecular formula is C36H40O6. The Hall–Kier alpha value is -4.19. The van der Waals surface area contributed by atoms with Gasteiger partial charge in [0.25, 0.3) is 0 Å². The SMILES string of the molecule is Cc1cccc(/C=C/C(=O)O[C@@H]2C[C@@H]3[C@H](/C=C/CCC[C@H](C)OC(=O)C=C[C@H]3OC(=O)/C=C/c3cccc(C)c3)C2)c1. The summed E-state index contributed by atoms with van der Waals surface area (Å²) in [6, 6.07) is 15.7. The normalized spacial score (nSPS) is 25.6. The van der Waals surface area contributed by atoms with Crippen LogP contribution in [0.1, 0.15) is 61.3 Å². The van der Waals surface area contributed by atoms with Crippen LogP contribution in [0, 0.1) is 25.7 Å². The molecule has 1 saturated carbocycles. The van der Waals surface area contributed by atoms with Crippen LogP contribution in [0.5, 0.6) is 0 Å². The molecule has 1 heterocycles. The number of cyclic esters (lactones) is 1. The molecule has 0 N–H and O–H groups in total. The van der Waals surface area contributed by atoms with E-state index >= 15 is 0 Å². The molecule has 1 aliphatic carbocycles. The third-order valence-electron chi connectivity index (χ3n) is 7.59. The van der Waals surface area contributed by atoms with Crippen molar-refractivity contribution in [3.8, 4) is 0 Å². The number of esters is 3. The molecule has 0 radical (unpaired) electrons. The minimum absolute atomic E-state index is 0.000881. The van der Waals surface area contributed by atoms with Crippen LogP contribution in [0.3, 0.4) is 0 Å². The topological polar surface area (TPSA) is 78.9 Å². The monoisotopic (exact) mass is 568 g/mol. The largest absolute Gasteiger partial charge is 0.460 e. The van der Waals surface area contributed by atoms with Crippen LogP contribution in [0.4, 0.5) is 0 Å². The molecule has 5 atom stereocenters. The molecule has 4 rings (SSSR count). The molecular weight excluding hydrogens is 528 g/mol. The van der Waals surface area contributed by atoms with Crippen molar-refractivity contribution >= 4 is 30.1 Å². The van der Waals surface area contributed by atoms with Crippen LogP contribution in [0.15, 0.2) is 85.0 Å². The summed E-state index contributed by atoms with van der Waals surface area (Å²) >= 11 is 0. The van der Waals surface area contributed by atoms with Crippen molar-refractivity contribution in [3.05, 3.63) is 107 Å². The summed E-state index contributed by atoms with van der Waals surface area (Å²) in [5, 5.41) is 0. The van der Waals surface area contributed by atoms with Gasteiger partial charge in [-0.15, -0.1) is 0 Å². The lowest BCUT2D eigenvalue weighted by Crippen LogP contribution is -2.27. The first kappa shape index (κ1) is 30.8. The third-order valence-corrected chi connectivity index (χ3v) is 7.59. The standard InChI is InChI=1S/C36H40O6/c1-25-9-7-12-28(21-25)15-18-35(38)41-31-23-30-14-6-4-5-11-27(3)40-34(37)20-17-33(32(30)24-31)42-36(39)19-16-29-13-8-10-26(2)22-29/h6-10,12-22,27,30-33H,4-5,11,23-24H2,1-3H3/b14-6+,18-15+,19-16+,20-17?/t27-,30+,31-,32+,33+/m0/s1. The lowest BCUT2D eigenvalue weighted by molar-refractivity contribution is -0.146. The average molecular weight is 569 g/mol. The van der Waals surface area contributed by atoms with Gasteiger partial charge in [-0.3, -0.25) is 0 Å². The number of hydrogen-bond donors (Lipinski definition) is 0. The first-order chi connectivity index (χ1) is 20.2. The molecule has 6 heteroatoms. The summed E-state index contributed by atoms with van der Waals surface area (Å²) in [6.07, 6.45) is 15.9. The quantitative estimate of drug-likeness (QED) is 0.160. The summed E-state index contributed by atoms with van der Waals surface area (Å²) < 4.78 is 17.3. The minimum atomic E-state index is -0.704. The van der Waals surface area contributed by atoms with Gasteiger partial charge in [0.2, 0.25) is 0 Å². The van der Waals surface area contributed by atoms with Gasteiger partial charge in [0, 0.05) is 24.1 Å². The molecule has 0 amide bonds. The van der Waals surface area contributed by atoms with Crippen molar-refractivity contribution in [3.63, 3.8) is 0 Å². The van der Waals surface area contributed by atoms with Gasteiger partial charge < -0.3 is 14.2 Å². The number of allylic oxidation sites excluding steroid dienone is 2. The smallest absolute Gasteiger partial charge is 0.331 e. The first-order valence-electron chi connectivity index (χ1n) is 14.7. The molecule has 1 aliphatic heterocycles. The third kappa shape index (κ3) is 9.72. The van der Waals surface area contributed by atoms with E-state index < -0.39 is 24.0 Å². The molecule has 2 aromatic rings. The van der Waals surface area contributed by atoms with Crippen LogP contribution in [0.2, 0.25) is 0 Å². The molecule has 220 valence electrons. The second-order valence-corrected chi connectivity index (χ2v) is 11.2. The Morgan fingerprint density at radius 1 is 0.881 bits per heavy atom. The van der Waals surface area contributed by atoms with Gasteiger partial charge in [-0.1, -0.05) is 71.8 Å². The van der Waals surface area contributed by atoms with Crippen LogP contribution >= 0.6 is 0 Å². The fourth-order valence-electron chi connectivity index (χ4n) is 5.53. The average Bonchev–Trinajstić information content (AvgIpc) is 3.34. The molecule has 1 fully saturated rings. The molecule has 0 unspecified atom stereocenters. The number of ether oxygens (including phenoxy) is 3. The van der Waals surface area contributed by atoms with E-state index in [2.05, 4.69) is 12.2 Å². The van der Waals surface area contributed by atoms with Gasteiger partial charge in [0.05, 0.1) is 6.10 Å². The maximum atomic E-state index is 13.0. The minimum Gasteiger partial charge on any atom is -0.460 e. The number of benzene rings is 2. The Morgan fingerprint density at radius 3 is 2.17 bits per heavy atom. The summed E-state index contributed by atoms with van der Waals surface area (Å²) in [5.41, 5.74) is 4.02. The number of carbonyl (C=O) groups excluding carboxylic acids is 3. The van der Waals surface area contributed by atoms with Crippen LogP contribution in [0.25, 0.3) is 12.2 Å². The highest BCUT2D eigenvalue weighted by Crippen LogP contribution is 2.39. The number of fused-ring (bicyclic) bond motifs is 1. The van der Waals surface area contributed by atoms with E-state index in [0.29, 0.717) is 12.8 Å². The molecule has 2 aliphatic rings. The van der Waals surface area contributed by atoms with Gasteiger partial charge >= 0.3 is 17.9 Å². The second kappa shape index (κ2) is 15.2. The van der Waals surface area contributed by atoms with Crippen molar-refractivity contribution < 1.29 is 28.6 Å². The van der Waals surface area contributed by atoms with E-state index in [1.54, 1.807) is 18.2 Å². The van der Waals surface area contributed by atoms with Gasteiger partial charge in [-0.05, 0) is 88.1 Å². The Morgan fingerprint density at radius 2 is 1.52 bits per heavy atom. The fraction of sp³-hybridized carbons (Fsp3) is 0.361. The van der Waals surface area contributed by atoms with E-state index in [9.17, 15) is 14.4 Å². The molecule has 0 saturated heterocycles. The van der Waals surface area contributed by atoms with E-state index in [-0.39, 0.29) is 24.0 Å². The van der Waals surface area contributed by atoms with Gasteiger partial charge in [0.1, 0.15) is 12.2 Å². The zero-order chi connectivity index (χ0) is 29.9. The molecule has 0 spiro atoms. The summed E-state index contributed by atoms with van der Waals surface area (Å²) in [5.74, 6) is -1.58. The Bertz CT molecular complexity index is 1370. The summed E-state index contributed by atoms with van der Waals surface area (Å²) in [6.45, 7) is 5.87. The van der Waals surface area contributed by atoms with Crippen molar-refractivity contribution in [2.24, 2.45) is 11.8 Å². The van der Waals surface area contributed by atoms with Crippen LogP contribution in [-0.2, 0) is 28.6 Å². The Kier molecular flexibility index (Phi) is 11.1. The van der Waals surface area contributed by atoms with Crippen molar-refractivity contribution in [1.29, 1.82) is 0 Å². The van der Waals surface area contributed by atoms with Crippen molar-refractivity contribution in [2.75, 3.05) is 0 Å². The predicted octanol–water partition coefficient (Wildman–Crippen LogP) is 7.11. The molecule has 0 aromatic heterocycles. The van der Waals surface area contributed by atoms with Crippen LogP contribution < -0.4 is 0 Å². The van der Waals surface area contributed by atoms with Crippen molar-refractivity contribution in [1.82, 2.24) is 0 Å². The maximum absolute atomic E-state index is 13.0. The predicted molar refractivity (Wildman–Crippen MR) is 164 cm³/mol. The highest BCUT2D eigenvalue weighted by Gasteiger charge is 2.40. The molecule has 42 heavy (non-hydrogen) atoms. The highest BCUT2D eigenvalue weighted by atomic mass is 16.6. The van der Waals surface area contributed by atoms with E-state index in [0.717, 1.165) is 41.5 Å². The zero-order valence-corrected chi connectivity index (χ0v) is 24.6. The number of rotatable bonds is 6. The first-order valence-corrected chi connectivity index (χ1v) is 14.7. The Balaban J connectivity index is 1.51. The van der Waals surface area contributed by atoms with Gasteiger partial charge in [-0.2, -0.15) is 0 Å². The molecule has 6 nitrogen and oxygen atoms in total. The van der Waals surface area contributed by atoms with E-state index in [1.807, 2.05) is 69.3 Å². The van der Waals surface area contributed by atoms with Crippen molar-refractivity contribution in [2.45, 2.75) is 71.2 Å². The lowest BCUT2D eigenvalue weighted by atomic mass is 9.89. The number of carbonyl (C=O) groups is 3. The summed E-state index contributed by atoms with van der Waals surface area (Å²) in [4.78, 5) is 38.2. The highest BCUT2D eigenvalue weighted by molar-refractivity contribution is 5.88. The fourth-order valence-corrected chi connectivity index (χ4v) is 5.53. The van der Waals surface area contributed by atoms with Gasteiger partial charge in [-0.25, -0.2) is 14.4 Å².